The zero-order valence-corrected chi connectivity index (χ0v) is 18.1. The summed E-state index contributed by atoms with van der Waals surface area (Å²) < 4.78 is 5.56. The van der Waals surface area contributed by atoms with E-state index in [1.807, 2.05) is 64.7 Å². The number of amides is 1. The molecular formula is C23H20ClN7O. The molecule has 9 heteroatoms. The lowest BCUT2D eigenvalue weighted by atomic mass is 10.2. The van der Waals surface area contributed by atoms with Gasteiger partial charge in [0.25, 0.3) is 5.91 Å². The number of imidazole rings is 2. The number of allylic oxidation sites excluding steroid dienone is 1. The molecule has 0 atom stereocenters. The molecule has 0 unspecified atom stereocenters. The van der Waals surface area contributed by atoms with E-state index < -0.39 is 0 Å². The lowest BCUT2D eigenvalue weighted by molar-refractivity contribution is 0.0950. The van der Waals surface area contributed by atoms with Crippen molar-refractivity contribution in [3.8, 4) is 0 Å². The number of nitrogens with zero attached hydrogens (tertiary/aromatic N) is 6. The van der Waals surface area contributed by atoms with Gasteiger partial charge in [-0.05, 0) is 36.8 Å². The first-order valence-electron chi connectivity index (χ1n) is 10.1. The number of hydrogen-bond acceptors (Lipinski definition) is 4. The summed E-state index contributed by atoms with van der Waals surface area (Å²) in [6.45, 7) is 2.75. The molecule has 0 aromatic carbocycles. The molecule has 1 amide bonds. The largest absolute Gasteiger partial charge is 0.346 e. The number of rotatable bonds is 6. The van der Waals surface area contributed by atoms with Gasteiger partial charge in [-0.25, -0.2) is 9.97 Å². The van der Waals surface area contributed by atoms with E-state index in [2.05, 4.69) is 20.4 Å². The number of nitrogens with one attached hydrogen (secondary N) is 1. The van der Waals surface area contributed by atoms with Gasteiger partial charge < -0.3 is 14.1 Å². The fourth-order valence-electron chi connectivity index (χ4n) is 3.58. The van der Waals surface area contributed by atoms with Crippen molar-refractivity contribution >= 4 is 34.7 Å². The molecule has 5 aromatic rings. The van der Waals surface area contributed by atoms with Crippen molar-refractivity contribution in [3.63, 3.8) is 0 Å². The van der Waals surface area contributed by atoms with Gasteiger partial charge in [0.15, 0.2) is 0 Å². The van der Waals surface area contributed by atoms with E-state index >= 15 is 0 Å². The molecule has 0 aliphatic heterocycles. The van der Waals surface area contributed by atoms with Crippen molar-refractivity contribution in [2.45, 2.75) is 20.0 Å². The number of aromatic nitrogens is 6. The van der Waals surface area contributed by atoms with Crippen LogP contribution in [-0.4, -0.2) is 34.5 Å². The molecule has 0 bridgehead atoms. The van der Waals surface area contributed by atoms with Crippen molar-refractivity contribution in [2.24, 2.45) is 0 Å². The molecule has 5 rings (SSSR count). The lowest BCUT2D eigenvalue weighted by Gasteiger charge is -2.02. The van der Waals surface area contributed by atoms with Gasteiger partial charge in [-0.15, -0.1) is 0 Å². The van der Waals surface area contributed by atoms with Gasteiger partial charge in [0.2, 0.25) is 0 Å². The summed E-state index contributed by atoms with van der Waals surface area (Å²) >= 11 is 6.07. The predicted molar refractivity (Wildman–Crippen MR) is 123 cm³/mol. The maximum atomic E-state index is 12.6. The molecule has 0 aliphatic rings. The minimum atomic E-state index is -0.217. The summed E-state index contributed by atoms with van der Waals surface area (Å²) in [7, 11) is 0. The number of halogens is 1. The Balaban J connectivity index is 1.26. The lowest BCUT2D eigenvalue weighted by Crippen LogP contribution is -2.22. The third kappa shape index (κ3) is 4.00. The van der Waals surface area contributed by atoms with Crippen molar-refractivity contribution in [2.75, 3.05) is 0 Å². The Kier molecular flexibility index (Phi) is 5.20. The quantitative estimate of drug-likeness (QED) is 0.430. The Bertz CT molecular complexity index is 1460. The molecule has 160 valence electrons. The van der Waals surface area contributed by atoms with Crippen LogP contribution in [0.3, 0.4) is 0 Å². The topological polar surface area (TPSA) is 81.5 Å². The van der Waals surface area contributed by atoms with Gasteiger partial charge in [-0.2, -0.15) is 5.10 Å². The molecule has 5 aromatic heterocycles. The molecule has 1 N–H and O–H groups in total. The first-order chi connectivity index (χ1) is 15.6. The van der Waals surface area contributed by atoms with Crippen LogP contribution >= 0.6 is 11.6 Å². The first-order valence-corrected chi connectivity index (χ1v) is 10.5. The molecule has 0 radical (unpaired) electrons. The van der Waals surface area contributed by atoms with Gasteiger partial charge in [-0.1, -0.05) is 23.8 Å². The number of pyridine rings is 2. The van der Waals surface area contributed by atoms with Crippen LogP contribution in [0.5, 0.6) is 0 Å². The highest BCUT2D eigenvalue weighted by Crippen LogP contribution is 2.16. The van der Waals surface area contributed by atoms with Crippen LogP contribution in [0.2, 0.25) is 5.02 Å². The van der Waals surface area contributed by atoms with Crippen LogP contribution in [0, 0.1) is 0 Å². The number of carbonyl (C=O) groups is 1. The van der Waals surface area contributed by atoms with E-state index in [0.717, 1.165) is 28.1 Å². The first kappa shape index (κ1) is 20.0. The van der Waals surface area contributed by atoms with Gasteiger partial charge in [0.05, 0.1) is 48.1 Å². The van der Waals surface area contributed by atoms with E-state index in [4.69, 9.17) is 11.6 Å². The Hall–Kier alpha value is -3.91. The fraction of sp³-hybridized carbons (Fsp3) is 0.130. The van der Waals surface area contributed by atoms with Gasteiger partial charge >= 0.3 is 0 Å². The summed E-state index contributed by atoms with van der Waals surface area (Å²) in [6.07, 6.45) is 14.8. The van der Waals surface area contributed by atoms with Crippen LogP contribution in [0.15, 0.2) is 67.7 Å². The van der Waals surface area contributed by atoms with Crippen LogP contribution in [0.4, 0.5) is 0 Å². The van der Waals surface area contributed by atoms with Crippen LogP contribution in [0.25, 0.3) is 17.2 Å². The molecule has 32 heavy (non-hydrogen) atoms. The van der Waals surface area contributed by atoms with E-state index in [1.54, 1.807) is 29.5 Å². The Morgan fingerprint density at radius 3 is 2.97 bits per heavy atom. The average molecular weight is 446 g/mol. The second-order valence-corrected chi connectivity index (χ2v) is 7.83. The van der Waals surface area contributed by atoms with Crippen molar-refractivity contribution in [3.05, 3.63) is 95.2 Å². The van der Waals surface area contributed by atoms with Crippen molar-refractivity contribution < 1.29 is 4.79 Å². The highest BCUT2D eigenvalue weighted by molar-refractivity contribution is 6.30. The molecule has 8 nitrogen and oxygen atoms in total. The minimum absolute atomic E-state index is 0.217. The average Bonchev–Trinajstić information content (AvgIpc) is 3.50. The monoisotopic (exact) mass is 445 g/mol. The molecule has 0 aliphatic carbocycles. The van der Waals surface area contributed by atoms with Gasteiger partial charge in [0, 0.05) is 29.8 Å². The summed E-state index contributed by atoms with van der Waals surface area (Å²) in [6, 6.07) is 7.62. The van der Waals surface area contributed by atoms with Crippen LogP contribution in [0.1, 0.15) is 34.2 Å². The SMILES string of the molecule is CC=Cc1ccc2nc(Cn3cc(C(=O)NCc4ncn5ccc(Cl)cc45)cn3)cn2c1. The Labute approximate surface area is 188 Å². The molecule has 5 heterocycles. The van der Waals surface area contributed by atoms with Gasteiger partial charge in [0.1, 0.15) is 5.65 Å². The summed E-state index contributed by atoms with van der Waals surface area (Å²) in [5, 5.41) is 7.83. The standard InChI is InChI=1S/C23H20ClN7O/c1-2-3-16-4-5-22-28-19(13-30(22)11-16)14-31-12-17(9-27-31)23(32)25-10-20-21-8-18(24)6-7-29(21)15-26-20/h2-9,11-13,15H,10,14H2,1H3,(H,25,32). The third-order valence-electron chi connectivity index (χ3n) is 5.10. The maximum absolute atomic E-state index is 12.6. The van der Waals surface area contributed by atoms with Crippen molar-refractivity contribution in [1.82, 2.24) is 33.9 Å². The minimum Gasteiger partial charge on any atom is -0.346 e. The normalized spacial score (nSPS) is 11.7. The fourth-order valence-corrected chi connectivity index (χ4v) is 3.74. The van der Waals surface area contributed by atoms with E-state index in [1.165, 1.54) is 0 Å². The van der Waals surface area contributed by atoms with Crippen molar-refractivity contribution in [1.29, 1.82) is 0 Å². The summed E-state index contributed by atoms with van der Waals surface area (Å²) in [5.74, 6) is -0.217. The summed E-state index contributed by atoms with van der Waals surface area (Å²) in [4.78, 5) is 21.6. The number of hydrogen-bond donors (Lipinski definition) is 1. The Morgan fingerprint density at radius 1 is 1.19 bits per heavy atom. The molecular weight excluding hydrogens is 426 g/mol. The van der Waals surface area contributed by atoms with E-state index in [-0.39, 0.29) is 5.91 Å². The highest BCUT2D eigenvalue weighted by Gasteiger charge is 2.12. The predicted octanol–water partition coefficient (Wildman–Crippen LogP) is 3.84. The molecule has 0 spiro atoms. The number of carbonyl (C=O) groups excluding carboxylic acids is 1. The molecule has 0 saturated carbocycles. The second kappa shape index (κ2) is 8.32. The van der Waals surface area contributed by atoms with E-state index in [0.29, 0.717) is 23.7 Å². The third-order valence-corrected chi connectivity index (χ3v) is 5.33. The van der Waals surface area contributed by atoms with Crippen LogP contribution in [-0.2, 0) is 13.1 Å². The Morgan fingerprint density at radius 2 is 2.09 bits per heavy atom. The van der Waals surface area contributed by atoms with E-state index in [9.17, 15) is 4.79 Å². The number of fused-ring (bicyclic) bond motifs is 2. The second-order valence-electron chi connectivity index (χ2n) is 7.40. The zero-order valence-electron chi connectivity index (χ0n) is 17.3. The zero-order chi connectivity index (χ0) is 22.1. The molecule has 0 saturated heterocycles. The molecule has 0 fully saturated rings. The highest BCUT2D eigenvalue weighted by atomic mass is 35.5. The maximum Gasteiger partial charge on any atom is 0.254 e. The van der Waals surface area contributed by atoms with Crippen LogP contribution < -0.4 is 5.32 Å². The summed E-state index contributed by atoms with van der Waals surface area (Å²) in [5.41, 5.74) is 4.92. The smallest absolute Gasteiger partial charge is 0.254 e. The van der Waals surface area contributed by atoms with Gasteiger partial charge in [-0.3, -0.25) is 9.48 Å².